The second kappa shape index (κ2) is 8.51. The van der Waals surface area contributed by atoms with E-state index in [1.54, 1.807) is 0 Å². The van der Waals surface area contributed by atoms with Gasteiger partial charge in [0.2, 0.25) is 0 Å². The Hall–Kier alpha value is -1.91. The van der Waals surface area contributed by atoms with Crippen molar-refractivity contribution in [2.24, 2.45) is 0 Å². The Kier molecular flexibility index (Phi) is 6.37. The highest BCUT2D eigenvalue weighted by molar-refractivity contribution is 5.48. The number of benzene rings is 1. The molecule has 0 amide bonds. The van der Waals surface area contributed by atoms with E-state index in [1.807, 2.05) is 30.6 Å². The number of nitrogens with zero attached hydrogens (tertiary/aromatic N) is 3. The van der Waals surface area contributed by atoms with Crippen LogP contribution in [0.4, 0.5) is 0 Å². The van der Waals surface area contributed by atoms with Crippen molar-refractivity contribution in [3.63, 3.8) is 0 Å². The first-order valence-electron chi connectivity index (χ1n) is 7.77. The molecule has 0 bridgehead atoms. The molecule has 2 rings (SSSR count). The molecule has 1 heterocycles. The second-order valence-electron chi connectivity index (χ2n) is 5.62. The molecule has 2 aromatic rings. The van der Waals surface area contributed by atoms with E-state index in [-0.39, 0.29) is 6.61 Å². The number of imidazole rings is 1. The van der Waals surface area contributed by atoms with Crippen LogP contribution in [0.3, 0.4) is 0 Å². The Morgan fingerprint density at radius 1 is 1.27 bits per heavy atom. The summed E-state index contributed by atoms with van der Waals surface area (Å²) in [5.41, 5.74) is 1.19. The van der Waals surface area contributed by atoms with Crippen molar-refractivity contribution in [1.82, 2.24) is 14.5 Å². The second-order valence-corrected chi connectivity index (χ2v) is 5.62. The number of hydrogen-bond donors (Lipinski definition) is 1. The van der Waals surface area contributed by atoms with E-state index in [1.165, 1.54) is 5.56 Å². The number of aliphatic hydroxyl groups is 1. The van der Waals surface area contributed by atoms with Gasteiger partial charge >= 0.3 is 0 Å². The molecular formula is C18H25N3O. The minimum Gasteiger partial charge on any atom is -0.395 e. The summed E-state index contributed by atoms with van der Waals surface area (Å²) in [5.74, 6) is 1.04. The standard InChI is InChI=1S/C18H25N3O/c1-16(2)21-12-10-19-18(21)15-20(13-14-22)11-6-9-17-7-4-3-5-8-17/h3-10,12,16,22H,11,13-15H2,1-2H3. The Morgan fingerprint density at radius 2 is 2.05 bits per heavy atom. The minimum absolute atomic E-state index is 0.154. The van der Waals surface area contributed by atoms with Crippen LogP contribution in [-0.4, -0.2) is 39.3 Å². The molecule has 0 atom stereocenters. The fourth-order valence-corrected chi connectivity index (χ4v) is 2.41. The van der Waals surface area contributed by atoms with Crippen molar-refractivity contribution in [2.75, 3.05) is 19.7 Å². The highest BCUT2D eigenvalue weighted by Crippen LogP contribution is 2.10. The summed E-state index contributed by atoms with van der Waals surface area (Å²) in [6, 6.07) is 10.6. The van der Waals surface area contributed by atoms with Crippen LogP contribution in [0, 0.1) is 0 Å². The topological polar surface area (TPSA) is 41.3 Å². The van der Waals surface area contributed by atoms with E-state index in [0.717, 1.165) is 18.9 Å². The average molecular weight is 299 g/mol. The normalized spacial score (nSPS) is 11.9. The summed E-state index contributed by atoms with van der Waals surface area (Å²) < 4.78 is 2.17. The summed E-state index contributed by atoms with van der Waals surface area (Å²) in [5, 5.41) is 9.27. The summed E-state index contributed by atoms with van der Waals surface area (Å²) in [6.45, 7) is 6.63. The first kappa shape index (κ1) is 16.5. The van der Waals surface area contributed by atoms with Crippen LogP contribution in [0.15, 0.2) is 48.8 Å². The van der Waals surface area contributed by atoms with Crippen molar-refractivity contribution in [3.05, 3.63) is 60.2 Å². The molecule has 1 aromatic heterocycles. The number of hydrogen-bond acceptors (Lipinski definition) is 3. The number of rotatable bonds is 8. The maximum Gasteiger partial charge on any atom is 0.123 e. The highest BCUT2D eigenvalue weighted by atomic mass is 16.3. The van der Waals surface area contributed by atoms with Gasteiger partial charge in [0, 0.05) is 31.5 Å². The van der Waals surface area contributed by atoms with Crippen molar-refractivity contribution < 1.29 is 5.11 Å². The maximum atomic E-state index is 9.27. The van der Waals surface area contributed by atoms with E-state index >= 15 is 0 Å². The lowest BCUT2D eigenvalue weighted by Gasteiger charge is -2.21. The van der Waals surface area contributed by atoms with E-state index in [2.05, 4.69) is 52.6 Å². The molecule has 0 radical (unpaired) electrons. The van der Waals surface area contributed by atoms with E-state index in [4.69, 9.17) is 0 Å². The quantitative estimate of drug-likeness (QED) is 0.815. The third-order valence-electron chi connectivity index (χ3n) is 3.56. The molecule has 4 nitrogen and oxygen atoms in total. The molecular weight excluding hydrogens is 274 g/mol. The molecule has 118 valence electrons. The van der Waals surface area contributed by atoms with Crippen LogP contribution in [-0.2, 0) is 6.54 Å². The lowest BCUT2D eigenvalue weighted by Crippen LogP contribution is -2.28. The molecule has 4 heteroatoms. The van der Waals surface area contributed by atoms with Gasteiger partial charge in [0.05, 0.1) is 13.2 Å². The molecule has 1 aromatic carbocycles. The molecule has 0 unspecified atom stereocenters. The zero-order valence-electron chi connectivity index (χ0n) is 13.4. The van der Waals surface area contributed by atoms with Gasteiger partial charge in [0.15, 0.2) is 0 Å². The van der Waals surface area contributed by atoms with E-state index in [9.17, 15) is 5.11 Å². The lowest BCUT2D eigenvalue weighted by molar-refractivity contribution is 0.198. The monoisotopic (exact) mass is 299 g/mol. The van der Waals surface area contributed by atoms with Gasteiger partial charge in [-0.15, -0.1) is 0 Å². The molecule has 22 heavy (non-hydrogen) atoms. The van der Waals surface area contributed by atoms with Crippen LogP contribution in [0.2, 0.25) is 0 Å². The van der Waals surface area contributed by atoms with Gasteiger partial charge < -0.3 is 9.67 Å². The molecule has 0 fully saturated rings. The molecule has 0 spiro atoms. The van der Waals surface area contributed by atoms with Crippen LogP contribution in [0.1, 0.15) is 31.3 Å². The predicted molar refractivity (Wildman–Crippen MR) is 90.5 cm³/mol. The Bertz CT molecular complexity index is 575. The minimum atomic E-state index is 0.154. The Balaban J connectivity index is 1.97. The predicted octanol–water partition coefficient (Wildman–Crippen LogP) is 2.97. The molecule has 1 N–H and O–H groups in total. The van der Waals surface area contributed by atoms with Gasteiger partial charge in [0.1, 0.15) is 5.82 Å². The van der Waals surface area contributed by atoms with Crippen LogP contribution < -0.4 is 0 Å². The fraction of sp³-hybridized carbons (Fsp3) is 0.389. The average Bonchev–Trinajstić information content (AvgIpc) is 2.97. The van der Waals surface area contributed by atoms with E-state index < -0.39 is 0 Å². The molecule has 0 aliphatic rings. The SMILES string of the molecule is CC(C)n1ccnc1CN(CC=Cc1ccccc1)CCO. The third kappa shape index (κ3) is 4.83. The summed E-state index contributed by atoms with van der Waals surface area (Å²) in [4.78, 5) is 6.64. The Labute approximate surface area is 132 Å². The summed E-state index contributed by atoms with van der Waals surface area (Å²) >= 11 is 0. The maximum absolute atomic E-state index is 9.27. The van der Waals surface area contributed by atoms with Gasteiger partial charge in [-0.3, -0.25) is 4.90 Å². The zero-order valence-corrected chi connectivity index (χ0v) is 13.4. The lowest BCUT2D eigenvalue weighted by atomic mass is 10.2. The van der Waals surface area contributed by atoms with Gasteiger partial charge in [0.25, 0.3) is 0 Å². The van der Waals surface area contributed by atoms with Gasteiger partial charge in [-0.25, -0.2) is 4.98 Å². The molecule has 0 saturated carbocycles. The number of aliphatic hydroxyl groups excluding tert-OH is 1. The summed E-state index contributed by atoms with van der Waals surface area (Å²) in [6.07, 6.45) is 8.09. The van der Waals surface area contributed by atoms with Crippen LogP contribution in [0.25, 0.3) is 6.08 Å². The van der Waals surface area contributed by atoms with Crippen molar-refractivity contribution >= 4 is 6.08 Å². The Morgan fingerprint density at radius 3 is 2.73 bits per heavy atom. The number of aromatic nitrogens is 2. The molecule has 0 saturated heterocycles. The smallest absolute Gasteiger partial charge is 0.123 e. The first-order valence-corrected chi connectivity index (χ1v) is 7.77. The van der Waals surface area contributed by atoms with Crippen molar-refractivity contribution in [3.8, 4) is 0 Å². The van der Waals surface area contributed by atoms with Crippen LogP contribution >= 0.6 is 0 Å². The molecule has 0 aliphatic carbocycles. The van der Waals surface area contributed by atoms with Crippen molar-refractivity contribution in [2.45, 2.75) is 26.4 Å². The molecule has 0 aliphatic heterocycles. The van der Waals surface area contributed by atoms with Crippen molar-refractivity contribution in [1.29, 1.82) is 0 Å². The summed E-state index contributed by atoms with van der Waals surface area (Å²) in [7, 11) is 0. The largest absolute Gasteiger partial charge is 0.395 e. The highest BCUT2D eigenvalue weighted by Gasteiger charge is 2.10. The third-order valence-corrected chi connectivity index (χ3v) is 3.56. The van der Waals surface area contributed by atoms with Gasteiger partial charge in [-0.05, 0) is 19.4 Å². The van der Waals surface area contributed by atoms with Gasteiger partial charge in [-0.2, -0.15) is 0 Å². The van der Waals surface area contributed by atoms with Gasteiger partial charge in [-0.1, -0.05) is 42.5 Å². The zero-order chi connectivity index (χ0) is 15.8. The first-order chi connectivity index (χ1) is 10.7. The van der Waals surface area contributed by atoms with E-state index in [0.29, 0.717) is 12.6 Å². The van der Waals surface area contributed by atoms with Crippen LogP contribution in [0.5, 0.6) is 0 Å². The fourth-order valence-electron chi connectivity index (χ4n) is 2.41.